The van der Waals surface area contributed by atoms with Crippen LogP contribution in [0.25, 0.3) is 0 Å². The monoisotopic (exact) mass is 503 g/mol. The van der Waals surface area contributed by atoms with Gasteiger partial charge in [0.05, 0.1) is 17.8 Å². The highest BCUT2D eigenvalue weighted by atomic mass is 35.5. The maximum Gasteiger partial charge on any atom is 0.406 e. The summed E-state index contributed by atoms with van der Waals surface area (Å²) in [5.74, 6) is -1.76. The predicted molar refractivity (Wildman–Crippen MR) is 121 cm³/mol. The van der Waals surface area contributed by atoms with Gasteiger partial charge in [-0.1, -0.05) is 35.3 Å². The zero-order valence-corrected chi connectivity index (χ0v) is 19.2. The van der Waals surface area contributed by atoms with Crippen molar-refractivity contribution in [2.75, 3.05) is 16.3 Å². The first-order valence-corrected chi connectivity index (χ1v) is 10.8. The van der Waals surface area contributed by atoms with Crippen LogP contribution in [0.4, 0.5) is 24.5 Å². The van der Waals surface area contributed by atoms with E-state index in [9.17, 15) is 27.9 Å². The van der Waals surface area contributed by atoms with Crippen molar-refractivity contribution in [2.24, 2.45) is 0 Å². The lowest BCUT2D eigenvalue weighted by Gasteiger charge is -2.35. The first-order valence-electron chi connectivity index (χ1n) is 10.1. The van der Waals surface area contributed by atoms with Crippen molar-refractivity contribution in [2.45, 2.75) is 44.8 Å². The summed E-state index contributed by atoms with van der Waals surface area (Å²) in [7, 11) is 0. The molecule has 0 saturated heterocycles. The number of halogens is 5. The quantitative estimate of drug-likeness (QED) is 0.642. The second-order valence-electron chi connectivity index (χ2n) is 7.94. The number of carbonyl (C=O) groups excluding carboxylic acids is 2. The summed E-state index contributed by atoms with van der Waals surface area (Å²) in [6.45, 7) is 1.87. The van der Waals surface area contributed by atoms with Crippen molar-refractivity contribution in [3.05, 3.63) is 58.1 Å². The van der Waals surface area contributed by atoms with E-state index in [4.69, 9.17) is 23.2 Å². The number of alkyl halides is 3. The molecule has 11 heteroatoms. The van der Waals surface area contributed by atoms with Gasteiger partial charge in [-0.15, -0.1) is 0 Å². The number of aliphatic hydroxyl groups excluding tert-OH is 1. The zero-order valence-electron chi connectivity index (χ0n) is 17.7. The molecule has 1 heterocycles. The number of aliphatic hydroxyl groups is 1. The number of fused-ring (bicyclic) bond motifs is 1. The van der Waals surface area contributed by atoms with Crippen molar-refractivity contribution in [1.29, 1.82) is 0 Å². The van der Waals surface area contributed by atoms with E-state index in [1.54, 1.807) is 19.9 Å². The lowest BCUT2D eigenvalue weighted by molar-refractivity contribution is -0.137. The number of benzene rings is 2. The number of amides is 2. The Kier molecular flexibility index (Phi) is 7.45. The molecule has 178 valence electrons. The molecule has 0 bridgehead atoms. The van der Waals surface area contributed by atoms with Gasteiger partial charge in [0.2, 0.25) is 5.91 Å². The van der Waals surface area contributed by atoms with E-state index in [-0.39, 0.29) is 17.8 Å². The van der Waals surface area contributed by atoms with Crippen LogP contribution >= 0.6 is 23.2 Å². The smallest absolute Gasteiger partial charge is 0.371 e. The molecular weight excluding hydrogens is 482 g/mol. The zero-order chi connectivity index (χ0) is 24.5. The maximum atomic E-state index is 13.4. The van der Waals surface area contributed by atoms with E-state index in [0.29, 0.717) is 20.5 Å². The van der Waals surface area contributed by atoms with Crippen LogP contribution < -0.4 is 15.1 Å². The van der Waals surface area contributed by atoms with Crippen LogP contribution in [0, 0.1) is 0 Å². The molecular formula is C22H22Cl2F3N3O3. The van der Waals surface area contributed by atoms with Crippen molar-refractivity contribution in [1.82, 2.24) is 5.32 Å². The highest BCUT2D eigenvalue weighted by Gasteiger charge is 2.45. The number of para-hydroxylation sites is 2. The van der Waals surface area contributed by atoms with Crippen LogP contribution in [0.1, 0.15) is 19.4 Å². The Hall–Kier alpha value is -2.49. The molecule has 2 amide bonds. The first kappa shape index (κ1) is 25.1. The van der Waals surface area contributed by atoms with Crippen LogP contribution in [-0.4, -0.2) is 48.0 Å². The minimum atomic E-state index is -4.70. The third kappa shape index (κ3) is 5.90. The Morgan fingerprint density at radius 1 is 1.12 bits per heavy atom. The van der Waals surface area contributed by atoms with Crippen molar-refractivity contribution >= 4 is 46.4 Å². The largest absolute Gasteiger partial charge is 0.406 e. The number of nitrogens with zero attached hydrogens (tertiary/aromatic N) is 2. The van der Waals surface area contributed by atoms with Crippen molar-refractivity contribution < 1.29 is 27.9 Å². The van der Waals surface area contributed by atoms with Gasteiger partial charge in [-0.25, -0.2) is 0 Å². The lowest BCUT2D eigenvalue weighted by atomic mass is 10.1. The predicted octanol–water partition coefficient (Wildman–Crippen LogP) is 4.16. The summed E-state index contributed by atoms with van der Waals surface area (Å²) in [5.41, 5.74) is 0.679. The van der Waals surface area contributed by atoms with Crippen molar-refractivity contribution in [3.8, 4) is 0 Å². The van der Waals surface area contributed by atoms with Crippen molar-refractivity contribution in [3.63, 3.8) is 0 Å². The number of hydrogen-bond acceptors (Lipinski definition) is 4. The topological polar surface area (TPSA) is 72.9 Å². The second kappa shape index (κ2) is 9.79. The highest BCUT2D eigenvalue weighted by molar-refractivity contribution is 6.34. The molecule has 6 nitrogen and oxygen atoms in total. The van der Waals surface area contributed by atoms with E-state index in [2.05, 4.69) is 5.32 Å². The number of rotatable bonds is 5. The van der Waals surface area contributed by atoms with Crippen LogP contribution in [-0.2, 0) is 16.0 Å². The number of hydrogen-bond donors (Lipinski definition) is 2. The Labute approximate surface area is 198 Å². The summed E-state index contributed by atoms with van der Waals surface area (Å²) in [6.07, 6.45) is -6.55. The molecule has 0 fully saturated rings. The molecule has 1 aliphatic heterocycles. The average Bonchev–Trinajstić information content (AvgIpc) is 2.75. The minimum absolute atomic E-state index is 0.00838. The van der Waals surface area contributed by atoms with Crippen LogP contribution in [0.2, 0.25) is 10.0 Å². The van der Waals surface area contributed by atoms with Crippen LogP contribution in [0.5, 0.6) is 0 Å². The molecule has 0 aromatic heterocycles. The Morgan fingerprint density at radius 3 is 2.24 bits per heavy atom. The van der Waals surface area contributed by atoms with Gasteiger partial charge in [0.1, 0.15) is 6.54 Å². The summed E-state index contributed by atoms with van der Waals surface area (Å²) in [6, 6.07) is 8.44. The van der Waals surface area contributed by atoms with Gasteiger partial charge in [0.15, 0.2) is 12.3 Å². The summed E-state index contributed by atoms with van der Waals surface area (Å²) >= 11 is 11.9. The molecule has 2 aromatic rings. The van der Waals surface area contributed by atoms with Gasteiger partial charge in [-0.2, -0.15) is 13.2 Å². The molecule has 33 heavy (non-hydrogen) atoms. The van der Waals surface area contributed by atoms with Gasteiger partial charge in [0, 0.05) is 16.1 Å². The van der Waals surface area contributed by atoms with Gasteiger partial charge >= 0.3 is 6.18 Å². The molecule has 0 radical (unpaired) electrons. The molecule has 1 aliphatic rings. The summed E-state index contributed by atoms with van der Waals surface area (Å²) < 4.78 is 40.1. The van der Waals surface area contributed by atoms with E-state index >= 15 is 0 Å². The molecule has 0 aliphatic carbocycles. The fourth-order valence-electron chi connectivity index (χ4n) is 3.81. The number of anilines is 2. The lowest BCUT2D eigenvalue weighted by Crippen LogP contribution is -2.59. The number of carbonyl (C=O) groups is 2. The molecule has 3 rings (SSSR count). The molecule has 2 N–H and O–H groups in total. The SMILES string of the molecule is CC(C)N1c2ccccc2N(CC(F)(F)F)C(=O)C(NC(=O)Cc2cc(Cl)cc(Cl)c2)C1O. The van der Waals surface area contributed by atoms with Gasteiger partial charge in [0.25, 0.3) is 5.91 Å². The Morgan fingerprint density at radius 2 is 1.70 bits per heavy atom. The first-order chi connectivity index (χ1) is 15.4. The maximum absolute atomic E-state index is 13.4. The fraction of sp³-hybridized carbons (Fsp3) is 0.364. The van der Waals surface area contributed by atoms with E-state index in [0.717, 1.165) is 0 Å². The summed E-state index contributed by atoms with van der Waals surface area (Å²) in [5, 5.41) is 14.1. The molecule has 2 unspecified atom stereocenters. The molecule has 0 spiro atoms. The van der Waals surface area contributed by atoms with Crippen LogP contribution in [0.15, 0.2) is 42.5 Å². The van der Waals surface area contributed by atoms with E-state index in [1.165, 1.54) is 41.3 Å². The number of nitrogens with one attached hydrogen (secondary N) is 1. The normalized spacial score (nSPS) is 18.9. The fourth-order valence-corrected chi connectivity index (χ4v) is 4.38. The third-order valence-electron chi connectivity index (χ3n) is 5.06. The van der Waals surface area contributed by atoms with E-state index in [1.807, 2.05) is 0 Å². The van der Waals surface area contributed by atoms with Gasteiger partial charge in [-0.05, 0) is 49.7 Å². The van der Waals surface area contributed by atoms with Gasteiger partial charge in [-0.3, -0.25) is 14.5 Å². The van der Waals surface area contributed by atoms with Gasteiger partial charge < -0.3 is 15.3 Å². The van der Waals surface area contributed by atoms with Crippen LogP contribution in [0.3, 0.4) is 0 Å². The minimum Gasteiger partial charge on any atom is -0.371 e. The third-order valence-corrected chi connectivity index (χ3v) is 5.50. The molecule has 2 atom stereocenters. The molecule has 0 saturated carbocycles. The second-order valence-corrected chi connectivity index (χ2v) is 8.82. The Bertz CT molecular complexity index is 1030. The highest BCUT2D eigenvalue weighted by Crippen LogP contribution is 2.37. The molecule has 2 aromatic carbocycles. The summed E-state index contributed by atoms with van der Waals surface area (Å²) in [4.78, 5) is 27.9. The Balaban J connectivity index is 1.98. The van der Waals surface area contributed by atoms with E-state index < -0.39 is 42.8 Å². The average molecular weight is 504 g/mol. The standard InChI is InChI=1S/C22H22Cl2F3N3O3/c1-12(2)30-17-6-4-3-5-16(17)29(11-22(25,26)27)20(32)19(21(30)33)28-18(31)9-13-7-14(23)10-15(24)8-13/h3-8,10,12,19,21,33H,9,11H2,1-2H3,(H,28,31).